The van der Waals surface area contributed by atoms with Gasteiger partial charge in [-0.25, -0.2) is 0 Å². The molecule has 0 spiro atoms. The van der Waals surface area contributed by atoms with Gasteiger partial charge in [-0.2, -0.15) is 0 Å². The molecule has 0 saturated heterocycles. The van der Waals surface area contributed by atoms with E-state index in [1.807, 2.05) is 0 Å². The number of carbonyl (C=O) groups excluding carboxylic acids is 3. The van der Waals surface area contributed by atoms with Gasteiger partial charge in [0.05, 0.1) is 0 Å². The third-order valence-corrected chi connectivity index (χ3v) is 14.9. The minimum atomic E-state index is -0.769. The van der Waals surface area contributed by atoms with Crippen molar-refractivity contribution in [1.29, 1.82) is 0 Å². The van der Waals surface area contributed by atoms with Crippen LogP contribution in [0.1, 0.15) is 367 Å². The van der Waals surface area contributed by atoms with E-state index in [9.17, 15) is 14.4 Å². The maximum atomic E-state index is 12.9. The number of carbonyl (C=O) groups is 3. The van der Waals surface area contributed by atoms with E-state index in [-0.39, 0.29) is 31.1 Å². The van der Waals surface area contributed by atoms with Crippen LogP contribution < -0.4 is 0 Å². The summed E-state index contributed by atoms with van der Waals surface area (Å²) in [5, 5.41) is 0. The van der Waals surface area contributed by atoms with Gasteiger partial charge in [0.25, 0.3) is 0 Å². The van der Waals surface area contributed by atoms with Gasteiger partial charge in [-0.1, -0.05) is 302 Å². The summed E-state index contributed by atoms with van der Waals surface area (Å²) in [4.78, 5) is 38.3. The molecule has 0 N–H and O–H groups in total. The summed E-state index contributed by atoms with van der Waals surface area (Å²) in [6.45, 7) is 6.70. The number of ether oxygens (including phenoxy) is 3. The Kier molecular flexibility index (Phi) is 60.6. The van der Waals surface area contributed by atoms with Gasteiger partial charge in [-0.05, 0) is 70.6 Å². The second-order valence-electron chi connectivity index (χ2n) is 22.4. The molecule has 0 fully saturated rings. The van der Waals surface area contributed by atoms with Crippen LogP contribution in [-0.4, -0.2) is 37.2 Å². The Balaban J connectivity index is 4.30. The molecule has 0 aromatic rings. The topological polar surface area (TPSA) is 78.9 Å². The van der Waals surface area contributed by atoms with Crippen molar-refractivity contribution in [3.63, 3.8) is 0 Å². The number of unbranched alkanes of at least 4 members (excludes halogenated alkanes) is 46. The van der Waals surface area contributed by atoms with Gasteiger partial charge in [-0.15, -0.1) is 0 Å². The molecular weight excluding hydrogens is 901 g/mol. The Bertz CT molecular complexity index is 1180. The zero-order valence-corrected chi connectivity index (χ0v) is 49.4. The molecule has 73 heavy (non-hydrogen) atoms. The van der Waals surface area contributed by atoms with E-state index < -0.39 is 6.10 Å². The van der Waals surface area contributed by atoms with Crippen molar-refractivity contribution in [2.24, 2.45) is 0 Å². The van der Waals surface area contributed by atoms with Crippen molar-refractivity contribution < 1.29 is 28.6 Å². The summed E-state index contributed by atoms with van der Waals surface area (Å²) in [7, 11) is 0. The first kappa shape index (κ1) is 70.9. The lowest BCUT2D eigenvalue weighted by atomic mass is 10.0. The highest BCUT2D eigenvalue weighted by molar-refractivity contribution is 5.71. The number of hydrogen-bond donors (Lipinski definition) is 0. The number of rotatable bonds is 61. The largest absolute Gasteiger partial charge is 0.462 e. The second-order valence-corrected chi connectivity index (χ2v) is 22.4. The molecule has 0 amide bonds. The predicted octanol–water partition coefficient (Wildman–Crippen LogP) is 22.2. The quantitative estimate of drug-likeness (QED) is 0.0261. The molecule has 0 saturated carbocycles. The Labute approximate surface area is 455 Å². The van der Waals surface area contributed by atoms with Gasteiger partial charge in [0.1, 0.15) is 13.2 Å². The van der Waals surface area contributed by atoms with Gasteiger partial charge in [0, 0.05) is 19.3 Å². The van der Waals surface area contributed by atoms with E-state index in [1.54, 1.807) is 0 Å². The average molecular weight is 1030 g/mol. The normalized spacial score (nSPS) is 12.1. The van der Waals surface area contributed by atoms with Gasteiger partial charge < -0.3 is 14.2 Å². The van der Waals surface area contributed by atoms with E-state index in [0.29, 0.717) is 19.3 Å². The van der Waals surface area contributed by atoms with E-state index in [0.717, 1.165) is 57.8 Å². The van der Waals surface area contributed by atoms with Crippen LogP contribution in [0.5, 0.6) is 0 Å². The Morgan fingerprint density at radius 2 is 0.452 bits per heavy atom. The third-order valence-electron chi connectivity index (χ3n) is 14.9. The van der Waals surface area contributed by atoms with Gasteiger partial charge in [0.15, 0.2) is 6.10 Å². The first-order chi connectivity index (χ1) is 36.0. The summed E-state index contributed by atoms with van der Waals surface area (Å²) in [5.74, 6) is -0.841. The van der Waals surface area contributed by atoms with Gasteiger partial charge >= 0.3 is 17.9 Å². The molecule has 0 unspecified atom stereocenters. The van der Waals surface area contributed by atoms with Crippen LogP contribution in [-0.2, 0) is 28.6 Å². The van der Waals surface area contributed by atoms with Crippen LogP contribution in [0.3, 0.4) is 0 Å². The molecule has 0 radical (unpaired) electrons. The van der Waals surface area contributed by atoms with Crippen LogP contribution in [0.15, 0.2) is 24.3 Å². The molecule has 0 aromatic carbocycles. The fraction of sp³-hybridized carbons (Fsp3) is 0.896. The lowest BCUT2D eigenvalue weighted by Gasteiger charge is -2.18. The summed E-state index contributed by atoms with van der Waals surface area (Å²) < 4.78 is 17.0. The van der Waals surface area contributed by atoms with Gasteiger partial charge in [0.2, 0.25) is 0 Å². The summed E-state index contributed by atoms with van der Waals surface area (Å²) in [5.41, 5.74) is 0. The van der Waals surface area contributed by atoms with Crippen molar-refractivity contribution in [2.75, 3.05) is 13.2 Å². The lowest BCUT2D eigenvalue weighted by Crippen LogP contribution is -2.30. The Morgan fingerprint density at radius 3 is 0.685 bits per heavy atom. The molecule has 0 aliphatic rings. The smallest absolute Gasteiger partial charge is 0.306 e. The Hall–Kier alpha value is -2.11. The number of esters is 3. The molecule has 0 bridgehead atoms. The average Bonchev–Trinajstić information content (AvgIpc) is 3.39. The molecule has 0 aliphatic carbocycles. The minimum absolute atomic E-state index is 0.0666. The lowest BCUT2D eigenvalue weighted by molar-refractivity contribution is -0.167. The Morgan fingerprint density at radius 1 is 0.260 bits per heavy atom. The third kappa shape index (κ3) is 60.6. The molecule has 6 nitrogen and oxygen atoms in total. The van der Waals surface area contributed by atoms with Crippen molar-refractivity contribution >= 4 is 17.9 Å². The van der Waals surface area contributed by atoms with Crippen molar-refractivity contribution in [1.82, 2.24) is 0 Å². The molecule has 430 valence electrons. The van der Waals surface area contributed by atoms with Crippen molar-refractivity contribution in [3.8, 4) is 0 Å². The maximum Gasteiger partial charge on any atom is 0.306 e. The molecule has 0 aliphatic heterocycles. The van der Waals surface area contributed by atoms with Crippen molar-refractivity contribution in [3.05, 3.63) is 24.3 Å². The minimum Gasteiger partial charge on any atom is -0.462 e. The standard InChI is InChI=1S/C67H126O6/c1-4-7-10-13-16-19-22-25-28-30-32-33-35-37-40-43-46-49-52-55-58-61-67(70)73-64(62-71-65(68)59-56-53-50-47-44-41-38-27-24-21-18-15-12-9-6-3)63-72-66(69)60-57-54-51-48-45-42-39-36-34-31-29-26-23-20-17-14-11-8-5-2/h25-26,28-29,64H,4-24,27,30-63H2,1-3H3/b28-25-,29-26-/t64-/m0/s1. The first-order valence-electron chi connectivity index (χ1n) is 32.8. The fourth-order valence-electron chi connectivity index (χ4n) is 9.97. The monoisotopic (exact) mass is 1030 g/mol. The molecule has 0 heterocycles. The van der Waals surface area contributed by atoms with Crippen LogP contribution in [0, 0.1) is 0 Å². The highest BCUT2D eigenvalue weighted by Gasteiger charge is 2.19. The predicted molar refractivity (Wildman–Crippen MR) is 316 cm³/mol. The number of allylic oxidation sites excluding steroid dienone is 4. The van der Waals surface area contributed by atoms with Crippen LogP contribution >= 0.6 is 0 Å². The van der Waals surface area contributed by atoms with E-state index in [1.165, 1.54) is 270 Å². The highest BCUT2D eigenvalue weighted by Crippen LogP contribution is 2.18. The molecule has 6 heteroatoms. The molecule has 0 rings (SSSR count). The van der Waals surface area contributed by atoms with E-state index >= 15 is 0 Å². The van der Waals surface area contributed by atoms with Crippen LogP contribution in [0.25, 0.3) is 0 Å². The second kappa shape index (κ2) is 62.4. The van der Waals surface area contributed by atoms with Gasteiger partial charge in [-0.3, -0.25) is 14.4 Å². The maximum absolute atomic E-state index is 12.9. The molecular formula is C67H126O6. The SMILES string of the molecule is CCCCCCCC/C=C\CCCCCCCCCCCCCC(=O)O[C@H](COC(=O)CCCCCCCCCCC/C=C\CCCCCCCC)COC(=O)CCCCCCCCCCCCCCCCC. The molecule has 1 atom stereocenters. The zero-order chi connectivity index (χ0) is 52.9. The summed E-state index contributed by atoms with van der Waals surface area (Å²) in [6, 6.07) is 0. The summed E-state index contributed by atoms with van der Waals surface area (Å²) >= 11 is 0. The van der Waals surface area contributed by atoms with Crippen molar-refractivity contribution in [2.45, 2.75) is 374 Å². The van der Waals surface area contributed by atoms with E-state index in [2.05, 4.69) is 45.1 Å². The first-order valence-corrected chi connectivity index (χ1v) is 32.8. The van der Waals surface area contributed by atoms with Crippen LogP contribution in [0.2, 0.25) is 0 Å². The molecule has 0 aromatic heterocycles. The summed E-state index contributed by atoms with van der Waals surface area (Å²) in [6.07, 6.45) is 74.7. The highest BCUT2D eigenvalue weighted by atomic mass is 16.6. The van der Waals surface area contributed by atoms with E-state index in [4.69, 9.17) is 14.2 Å². The number of hydrogen-bond acceptors (Lipinski definition) is 6. The fourth-order valence-corrected chi connectivity index (χ4v) is 9.97. The van der Waals surface area contributed by atoms with Crippen LogP contribution in [0.4, 0.5) is 0 Å². The zero-order valence-electron chi connectivity index (χ0n) is 49.4.